The summed E-state index contributed by atoms with van der Waals surface area (Å²) >= 11 is 0. The van der Waals surface area contributed by atoms with Crippen molar-refractivity contribution in [2.75, 3.05) is 12.4 Å². The summed E-state index contributed by atoms with van der Waals surface area (Å²) in [7, 11) is 1.51. The molecule has 0 fully saturated rings. The van der Waals surface area contributed by atoms with Crippen molar-refractivity contribution in [2.45, 2.75) is 13.3 Å². The first kappa shape index (κ1) is 15.0. The maximum absolute atomic E-state index is 13.6. The quantitative estimate of drug-likeness (QED) is 0.881. The zero-order valence-corrected chi connectivity index (χ0v) is 11.1. The molecule has 0 aliphatic rings. The van der Waals surface area contributed by atoms with Crippen LogP contribution in [-0.2, 0) is 0 Å². The fourth-order valence-electron chi connectivity index (χ4n) is 1.66. The summed E-state index contributed by atoms with van der Waals surface area (Å²) < 4.78 is 53.6. The van der Waals surface area contributed by atoms with Gasteiger partial charge in [0.1, 0.15) is 5.75 Å². The Morgan fingerprint density at radius 2 is 1.71 bits per heavy atom. The van der Waals surface area contributed by atoms with Crippen molar-refractivity contribution in [2.24, 2.45) is 0 Å². The van der Waals surface area contributed by atoms with Gasteiger partial charge in [-0.2, -0.15) is 0 Å². The van der Waals surface area contributed by atoms with Crippen molar-refractivity contribution in [3.05, 3.63) is 35.8 Å². The van der Waals surface area contributed by atoms with E-state index in [-0.39, 0.29) is 23.1 Å². The smallest absolute Gasteiger partial charge is 0.406 e. The van der Waals surface area contributed by atoms with Gasteiger partial charge in [0, 0.05) is 12.6 Å². The Bertz CT molecular complexity index is 641. The Morgan fingerprint density at radius 1 is 1.10 bits per heavy atom. The number of anilines is 1. The third-order valence-electron chi connectivity index (χ3n) is 2.60. The van der Waals surface area contributed by atoms with E-state index in [1.807, 2.05) is 0 Å². The lowest BCUT2D eigenvalue weighted by Crippen LogP contribution is -2.16. The van der Waals surface area contributed by atoms with Crippen molar-refractivity contribution in [3.63, 3.8) is 0 Å². The van der Waals surface area contributed by atoms with E-state index in [1.165, 1.54) is 26.1 Å². The minimum atomic E-state index is -4.75. The molecule has 4 nitrogen and oxygen atoms in total. The third-order valence-corrected chi connectivity index (χ3v) is 2.60. The zero-order valence-electron chi connectivity index (χ0n) is 11.1. The summed E-state index contributed by atoms with van der Waals surface area (Å²) in [5.74, 6) is -0.692. The maximum Gasteiger partial charge on any atom is 0.573 e. The molecule has 1 aromatic heterocycles. The highest BCUT2D eigenvalue weighted by Gasteiger charge is 2.31. The van der Waals surface area contributed by atoms with Gasteiger partial charge in [-0.25, -0.2) is 14.4 Å². The molecule has 21 heavy (non-hydrogen) atoms. The van der Waals surface area contributed by atoms with E-state index in [0.29, 0.717) is 5.56 Å². The summed E-state index contributed by atoms with van der Waals surface area (Å²) in [5.41, 5.74) is 0.587. The van der Waals surface area contributed by atoms with Crippen LogP contribution in [0.1, 0.15) is 5.69 Å². The number of ether oxygens (including phenoxy) is 1. The fraction of sp³-hybridized carbons (Fsp3) is 0.231. The van der Waals surface area contributed by atoms with E-state index in [9.17, 15) is 17.6 Å². The molecule has 1 N–H and O–H groups in total. The van der Waals surface area contributed by atoms with Crippen molar-refractivity contribution >= 4 is 5.82 Å². The maximum atomic E-state index is 13.6. The Kier molecular flexibility index (Phi) is 3.97. The molecule has 2 aromatic rings. The number of halogens is 4. The topological polar surface area (TPSA) is 47.0 Å². The SMILES string of the molecule is CNc1nc(-c2ccc(OC(F)(F)F)cc2)nc(C)c1F. The van der Waals surface area contributed by atoms with Gasteiger partial charge in [-0.1, -0.05) is 0 Å². The Hall–Kier alpha value is -2.38. The molecule has 0 saturated carbocycles. The van der Waals surface area contributed by atoms with Gasteiger partial charge in [0.2, 0.25) is 0 Å². The average Bonchev–Trinajstić information content (AvgIpc) is 2.41. The molecule has 0 atom stereocenters. The minimum absolute atomic E-state index is 0.0214. The van der Waals surface area contributed by atoms with E-state index >= 15 is 0 Å². The van der Waals surface area contributed by atoms with Gasteiger partial charge in [0.15, 0.2) is 17.5 Å². The van der Waals surface area contributed by atoms with Crippen LogP contribution in [0.4, 0.5) is 23.4 Å². The lowest BCUT2D eigenvalue weighted by atomic mass is 10.2. The number of nitrogens with one attached hydrogen (secondary N) is 1. The monoisotopic (exact) mass is 301 g/mol. The number of aromatic nitrogens is 2. The standard InChI is InChI=1S/C13H11F4N3O/c1-7-10(14)12(18-2)20-11(19-7)8-3-5-9(6-4-8)21-13(15,16)17/h3-6H,1-2H3,(H,18,19,20). The molecule has 0 aliphatic heterocycles. The highest BCUT2D eigenvalue weighted by atomic mass is 19.4. The number of hydrogen-bond donors (Lipinski definition) is 1. The highest BCUT2D eigenvalue weighted by Crippen LogP contribution is 2.26. The zero-order chi connectivity index (χ0) is 15.6. The first-order valence-corrected chi connectivity index (χ1v) is 5.88. The first-order chi connectivity index (χ1) is 9.80. The van der Waals surface area contributed by atoms with Crippen LogP contribution < -0.4 is 10.1 Å². The normalized spacial score (nSPS) is 11.3. The number of nitrogens with zero attached hydrogens (tertiary/aromatic N) is 2. The Morgan fingerprint density at radius 3 is 2.24 bits per heavy atom. The third kappa shape index (κ3) is 3.59. The predicted octanol–water partition coefficient (Wildman–Crippen LogP) is 3.53. The van der Waals surface area contributed by atoms with Gasteiger partial charge >= 0.3 is 6.36 Å². The van der Waals surface area contributed by atoms with E-state index in [2.05, 4.69) is 20.0 Å². The average molecular weight is 301 g/mol. The van der Waals surface area contributed by atoms with Gasteiger partial charge in [0.25, 0.3) is 0 Å². The molecular formula is C13H11F4N3O. The molecule has 2 rings (SSSR count). The largest absolute Gasteiger partial charge is 0.573 e. The Labute approximate surface area is 117 Å². The fourth-order valence-corrected chi connectivity index (χ4v) is 1.66. The summed E-state index contributed by atoms with van der Waals surface area (Å²) in [6.07, 6.45) is -4.75. The van der Waals surface area contributed by atoms with Gasteiger partial charge in [-0.05, 0) is 31.2 Å². The summed E-state index contributed by atoms with van der Waals surface area (Å²) in [4.78, 5) is 7.93. The van der Waals surface area contributed by atoms with E-state index in [1.54, 1.807) is 0 Å². The summed E-state index contributed by atoms with van der Waals surface area (Å²) in [6.45, 7) is 1.47. The van der Waals surface area contributed by atoms with Crippen molar-refractivity contribution < 1.29 is 22.3 Å². The van der Waals surface area contributed by atoms with E-state index < -0.39 is 12.2 Å². The molecule has 8 heteroatoms. The lowest BCUT2D eigenvalue weighted by Gasteiger charge is -2.10. The lowest BCUT2D eigenvalue weighted by molar-refractivity contribution is -0.274. The molecule has 0 bridgehead atoms. The highest BCUT2D eigenvalue weighted by molar-refractivity contribution is 5.59. The second kappa shape index (κ2) is 5.55. The number of alkyl halides is 3. The van der Waals surface area contributed by atoms with Crippen LogP contribution in [0.2, 0.25) is 0 Å². The number of aryl methyl sites for hydroxylation is 1. The molecule has 0 radical (unpaired) electrons. The second-order valence-corrected chi connectivity index (χ2v) is 4.12. The van der Waals surface area contributed by atoms with Crippen LogP contribution in [0.3, 0.4) is 0 Å². The van der Waals surface area contributed by atoms with Crippen LogP contribution in [0, 0.1) is 12.7 Å². The number of hydrogen-bond acceptors (Lipinski definition) is 4. The van der Waals surface area contributed by atoms with Crippen LogP contribution in [0.15, 0.2) is 24.3 Å². The van der Waals surface area contributed by atoms with Gasteiger partial charge in [-0.15, -0.1) is 13.2 Å². The summed E-state index contributed by atoms with van der Waals surface area (Å²) in [5, 5.41) is 2.59. The minimum Gasteiger partial charge on any atom is -0.406 e. The summed E-state index contributed by atoms with van der Waals surface area (Å²) in [6, 6.07) is 5.02. The predicted molar refractivity (Wildman–Crippen MR) is 68.4 cm³/mol. The molecule has 1 aromatic carbocycles. The molecule has 0 saturated heterocycles. The molecule has 0 spiro atoms. The van der Waals surface area contributed by atoms with Crippen LogP contribution in [0.25, 0.3) is 11.4 Å². The van der Waals surface area contributed by atoms with Gasteiger partial charge in [0.05, 0.1) is 5.69 Å². The first-order valence-electron chi connectivity index (χ1n) is 5.88. The number of rotatable bonds is 3. The van der Waals surface area contributed by atoms with E-state index in [0.717, 1.165) is 12.1 Å². The molecule has 0 unspecified atom stereocenters. The van der Waals surface area contributed by atoms with Gasteiger partial charge in [-0.3, -0.25) is 0 Å². The van der Waals surface area contributed by atoms with E-state index in [4.69, 9.17) is 0 Å². The van der Waals surface area contributed by atoms with Crippen molar-refractivity contribution in [1.82, 2.24) is 9.97 Å². The van der Waals surface area contributed by atoms with Crippen LogP contribution >= 0.6 is 0 Å². The Balaban J connectivity index is 2.33. The van der Waals surface area contributed by atoms with Crippen LogP contribution in [-0.4, -0.2) is 23.4 Å². The molecular weight excluding hydrogens is 290 g/mol. The second-order valence-electron chi connectivity index (χ2n) is 4.12. The molecule has 0 amide bonds. The number of benzene rings is 1. The van der Waals surface area contributed by atoms with Crippen molar-refractivity contribution in [3.8, 4) is 17.1 Å². The molecule has 112 valence electrons. The molecule has 0 aliphatic carbocycles. The van der Waals surface area contributed by atoms with Gasteiger partial charge < -0.3 is 10.1 Å². The van der Waals surface area contributed by atoms with Crippen molar-refractivity contribution in [1.29, 1.82) is 0 Å². The van der Waals surface area contributed by atoms with Crippen LogP contribution in [0.5, 0.6) is 5.75 Å². The molecule has 1 heterocycles.